The number of allylic oxidation sites excluding steroid dienone is 12. The number of ether oxygens (including phenoxy) is 1. The van der Waals surface area contributed by atoms with E-state index in [0.29, 0.717) is 24.7 Å². The zero-order valence-electron chi connectivity index (χ0n) is 72.7. The molecule has 5 aliphatic rings. The smallest absolute Gasteiger partial charge is 0.313 e. The number of esters is 2. The summed E-state index contributed by atoms with van der Waals surface area (Å²) >= 11 is 0. The number of hydrogen-bond donors (Lipinski definition) is 2. The monoisotopic (exact) mass is 1500 g/mol. The number of aliphatic carboxylic acids is 1. The number of carbonyl (C=O) groups is 3. The number of aliphatic hydroxyl groups is 1. The highest BCUT2D eigenvalue weighted by Crippen LogP contribution is 2.76. The Hall–Kier alpha value is -3.25. The number of unbranched alkanes of at least 4 members (excludes halogenated alkanes) is 50. The molecule has 2 N–H and O–H groups in total. The van der Waals surface area contributed by atoms with Gasteiger partial charge in [-0.2, -0.15) is 0 Å². The average Bonchev–Trinajstić information content (AvgIpc) is 0.678. The molecule has 0 saturated heterocycles. The van der Waals surface area contributed by atoms with Crippen LogP contribution >= 0.6 is 0 Å². The number of aliphatic hydroxyl groups excluding tert-OH is 1. The van der Waals surface area contributed by atoms with Crippen LogP contribution in [0.3, 0.4) is 0 Å². The molecule has 0 spiro atoms. The molecule has 0 amide bonds. The van der Waals surface area contributed by atoms with Crippen molar-refractivity contribution in [2.75, 3.05) is 0 Å². The summed E-state index contributed by atoms with van der Waals surface area (Å²) in [6.07, 6.45) is 110. The van der Waals surface area contributed by atoms with Crippen LogP contribution in [0.5, 0.6) is 0 Å². The predicted octanol–water partition coefficient (Wildman–Crippen LogP) is 32.5. The van der Waals surface area contributed by atoms with Crippen LogP contribution in [0.2, 0.25) is 0 Å². The van der Waals surface area contributed by atoms with Gasteiger partial charge in [-0.15, -0.1) is 13.2 Å². The molecule has 0 radical (unpaired) electrons. The lowest BCUT2D eigenvalue weighted by molar-refractivity contribution is -0.205. The molecule has 0 aromatic heterocycles. The van der Waals surface area contributed by atoms with Gasteiger partial charge in [-0.05, 0) is 212 Å². The summed E-state index contributed by atoms with van der Waals surface area (Å²) in [7, 11) is 0. The lowest BCUT2D eigenvalue weighted by Gasteiger charge is -2.71. The van der Waals surface area contributed by atoms with Crippen molar-refractivity contribution in [3.8, 4) is 0 Å². The Morgan fingerprint density at radius 2 is 0.704 bits per heavy atom. The van der Waals surface area contributed by atoms with Gasteiger partial charge in [0.1, 0.15) is 0 Å². The number of carboxylic acid groups (broad SMARTS) is 1. The van der Waals surface area contributed by atoms with Crippen LogP contribution < -0.4 is 0 Å². The Kier molecular flexibility index (Phi) is 52.7. The van der Waals surface area contributed by atoms with E-state index in [9.17, 15) is 24.6 Å². The molecule has 0 aromatic rings. The molecule has 0 bridgehead atoms. The highest BCUT2D eigenvalue weighted by atomic mass is 16.6. The summed E-state index contributed by atoms with van der Waals surface area (Å²) in [6, 6.07) is 0. The zero-order valence-corrected chi connectivity index (χ0v) is 72.7. The van der Waals surface area contributed by atoms with Gasteiger partial charge in [0, 0.05) is 12.8 Å². The second kappa shape index (κ2) is 58.6. The molecule has 5 aliphatic carbocycles. The third-order valence-corrected chi connectivity index (χ3v) is 28.5. The van der Waals surface area contributed by atoms with Crippen LogP contribution in [-0.2, 0) is 19.1 Å². The van der Waals surface area contributed by atoms with Gasteiger partial charge in [0.25, 0.3) is 0 Å². The molecule has 622 valence electrons. The van der Waals surface area contributed by atoms with Crippen molar-refractivity contribution >= 4 is 17.9 Å². The number of hydrogen-bond acceptors (Lipinski definition) is 5. The quantitative estimate of drug-likeness (QED) is 0.0272. The van der Waals surface area contributed by atoms with Crippen molar-refractivity contribution < 1.29 is 29.3 Å². The van der Waals surface area contributed by atoms with Gasteiger partial charge in [0.15, 0.2) is 0 Å². The third-order valence-electron chi connectivity index (χ3n) is 28.5. The van der Waals surface area contributed by atoms with E-state index in [1.807, 2.05) is 0 Å². The predicted molar refractivity (Wildman–Crippen MR) is 469 cm³/mol. The molecule has 0 aromatic carbocycles. The van der Waals surface area contributed by atoms with Crippen LogP contribution in [-0.4, -0.2) is 34.2 Å². The Morgan fingerprint density at radius 3 is 1.04 bits per heavy atom. The molecule has 5 rings (SSSR count). The third kappa shape index (κ3) is 37.8. The average molecular weight is 1500 g/mol. The minimum Gasteiger partial charge on any atom is -0.481 e. The fourth-order valence-corrected chi connectivity index (χ4v) is 21.1. The van der Waals surface area contributed by atoms with Gasteiger partial charge in [-0.3, -0.25) is 14.4 Å². The topological polar surface area (TPSA) is 101 Å². The summed E-state index contributed by atoms with van der Waals surface area (Å²) < 4.78 is 5.08. The maximum atomic E-state index is 12.8. The molecule has 0 aliphatic heterocycles. The fraction of sp³-hybridized carbons (Fsp3) is 0.833. The lowest BCUT2D eigenvalue weighted by atomic mass is 9.33. The molecule has 0 heterocycles. The van der Waals surface area contributed by atoms with Crippen LogP contribution in [0, 0.1) is 50.2 Å². The van der Waals surface area contributed by atoms with E-state index in [1.54, 1.807) is 0 Å². The standard InChI is InChI=1S/C72H130O3.C30H48O3/c1-3-5-7-9-11-13-15-17-19-21-23-25-27-29-31-33-35-37-39-41-43-45-47-49-51-53-55-57-59-61-63-65-67-69-71(73)75-72(74)70-68-66-64-62-60-58-56-54-52-50-48-46-44-42-40-38-36-34-32-30-28-26-24-22-20-18-16-14-12-10-8-6-4-2;1-25(2)14-16-30(24(32)33)17-15-28(6)19(20(30)18-25)8-9-22-27(5)12-11-23(31)26(3,4)21(27)10-13-29(22,28)7/h3-4,47-50,53-56H,1-2,5-46,51-52,57-70H2;8,20-23,31H,9-18H2,1-7H3,(H,32,33)/b49-47-,50-48-,55-53-,56-54-;/t;20-,21-,22?,23-,27-,28+,29+,30-/m.0/s1. The van der Waals surface area contributed by atoms with Gasteiger partial charge in [0.05, 0.1) is 11.5 Å². The van der Waals surface area contributed by atoms with Crippen LogP contribution in [0.15, 0.2) is 85.6 Å². The first-order valence-electron chi connectivity index (χ1n) is 47.5. The maximum absolute atomic E-state index is 12.8. The van der Waals surface area contributed by atoms with E-state index in [4.69, 9.17) is 4.74 Å². The molecule has 108 heavy (non-hydrogen) atoms. The van der Waals surface area contributed by atoms with Gasteiger partial charge >= 0.3 is 17.9 Å². The summed E-state index contributed by atoms with van der Waals surface area (Å²) in [5.41, 5.74) is 1.68. The molecule has 8 atom stereocenters. The highest BCUT2D eigenvalue weighted by molar-refractivity contribution is 5.85. The summed E-state index contributed by atoms with van der Waals surface area (Å²) in [4.78, 5) is 37.0. The molecule has 6 heteroatoms. The molecular formula is C102H178O6. The van der Waals surface area contributed by atoms with Crippen molar-refractivity contribution in [2.45, 2.75) is 491 Å². The molecule has 4 saturated carbocycles. The Labute approximate surface area is 670 Å². The number of rotatable bonds is 65. The van der Waals surface area contributed by atoms with E-state index >= 15 is 0 Å². The van der Waals surface area contributed by atoms with E-state index < -0.39 is 11.4 Å². The number of carbonyl (C=O) groups excluding carboxylic acids is 2. The zero-order chi connectivity index (χ0) is 78.2. The molecule has 4 fully saturated rings. The van der Waals surface area contributed by atoms with Crippen LogP contribution in [0.1, 0.15) is 485 Å². The number of carboxylic acids is 1. The lowest BCUT2D eigenvalue weighted by Crippen LogP contribution is -2.65. The Balaban J connectivity index is 0.000000607. The normalized spacial score (nSPS) is 24.3. The van der Waals surface area contributed by atoms with Gasteiger partial charge in [-0.25, -0.2) is 0 Å². The highest BCUT2D eigenvalue weighted by Gasteiger charge is 2.69. The first-order valence-corrected chi connectivity index (χ1v) is 47.5. The van der Waals surface area contributed by atoms with Crippen LogP contribution in [0.25, 0.3) is 0 Å². The largest absolute Gasteiger partial charge is 0.481 e. The first-order chi connectivity index (χ1) is 52.3. The molecular weight excluding hydrogens is 1320 g/mol. The SMILES string of the molecule is C=CCCCCCCCCCCCCCCCCCCCCC/C=C\C/C=C\CCCCCCCC(=O)OC(=O)CCCCCCC/C=C\C/C=C\CCCCCCCCCCCCCCCCCCCCCC=C.CC1(C)CC[C@]2(C(=O)O)CC[C@]3(C)C(=CCC4[C@@]5(C)CC[C@H](O)C(C)(C)[C@@H]5CC[C@]43C)[C@@H]2C1. The molecule has 1 unspecified atom stereocenters. The number of fused-ring (bicyclic) bond motifs is 7. The van der Waals surface area contributed by atoms with E-state index in [0.717, 1.165) is 116 Å². The van der Waals surface area contributed by atoms with Crippen molar-refractivity contribution in [3.63, 3.8) is 0 Å². The van der Waals surface area contributed by atoms with Crippen molar-refractivity contribution in [3.05, 3.63) is 85.6 Å². The van der Waals surface area contributed by atoms with Gasteiger partial charge in [0.2, 0.25) is 0 Å². The summed E-state index contributed by atoms with van der Waals surface area (Å²) in [6.45, 7) is 24.6. The second-order valence-corrected chi connectivity index (χ2v) is 38.0. The van der Waals surface area contributed by atoms with E-state index in [1.165, 1.54) is 314 Å². The van der Waals surface area contributed by atoms with E-state index in [2.05, 4.69) is 128 Å². The van der Waals surface area contributed by atoms with E-state index in [-0.39, 0.29) is 51.0 Å². The Morgan fingerprint density at radius 1 is 0.389 bits per heavy atom. The summed E-state index contributed by atoms with van der Waals surface area (Å²) in [5.74, 6) is 0.116. The maximum Gasteiger partial charge on any atom is 0.313 e. The molecule has 6 nitrogen and oxygen atoms in total. The van der Waals surface area contributed by atoms with Gasteiger partial charge in [-0.1, -0.05) is 378 Å². The first kappa shape index (κ1) is 97.1. The fourth-order valence-electron chi connectivity index (χ4n) is 21.1. The van der Waals surface area contributed by atoms with Crippen molar-refractivity contribution in [1.82, 2.24) is 0 Å². The Bertz CT molecular complexity index is 2390. The summed E-state index contributed by atoms with van der Waals surface area (Å²) in [5, 5.41) is 21.4. The minimum atomic E-state index is -0.553. The minimum absolute atomic E-state index is 0.0301. The van der Waals surface area contributed by atoms with Crippen molar-refractivity contribution in [2.24, 2.45) is 50.2 Å². The second-order valence-electron chi connectivity index (χ2n) is 38.0. The van der Waals surface area contributed by atoms with Crippen LogP contribution in [0.4, 0.5) is 0 Å². The van der Waals surface area contributed by atoms with Gasteiger partial charge < -0.3 is 14.9 Å². The van der Waals surface area contributed by atoms with Crippen molar-refractivity contribution in [1.29, 1.82) is 0 Å².